The quantitative estimate of drug-likeness (QED) is 0.274. The summed E-state index contributed by atoms with van der Waals surface area (Å²) in [5.41, 5.74) is 18.0. The van der Waals surface area contributed by atoms with Crippen molar-refractivity contribution in [3.63, 3.8) is 0 Å². The lowest BCUT2D eigenvalue weighted by Gasteiger charge is -2.22. The summed E-state index contributed by atoms with van der Waals surface area (Å²) in [6.07, 6.45) is -1.44. The molecule has 0 aromatic carbocycles. The molecular formula is C14H27N7O3. The minimum atomic E-state index is -1.01. The van der Waals surface area contributed by atoms with Gasteiger partial charge < -0.3 is 42.4 Å². The molecule has 1 saturated heterocycles. The number of hydrogen-bond donors (Lipinski definition) is 6. The predicted octanol–water partition coefficient (Wildman–Crippen LogP) is -2.69. The molecule has 0 saturated carbocycles. The Kier molecular flexibility index (Phi) is 6.66. The summed E-state index contributed by atoms with van der Waals surface area (Å²) in [6, 6.07) is 0. The van der Waals surface area contributed by atoms with E-state index in [2.05, 4.69) is 15.3 Å². The number of aliphatic hydroxyl groups excluding tert-OH is 2. The van der Waals surface area contributed by atoms with E-state index in [0.717, 1.165) is 0 Å². The number of aromatic nitrogens is 2. The van der Waals surface area contributed by atoms with Crippen molar-refractivity contribution in [1.29, 1.82) is 0 Å². The van der Waals surface area contributed by atoms with Crippen molar-refractivity contribution >= 4 is 11.5 Å². The lowest BCUT2D eigenvalue weighted by Crippen LogP contribution is -2.40. The first-order chi connectivity index (χ1) is 11.5. The average molecular weight is 341 g/mol. The number of nitrogens with one attached hydrogen (secondary N) is 1. The van der Waals surface area contributed by atoms with E-state index < -0.39 is 24.4 Å². The lowest BCUT2D eigenvalue weighted by molar-refractivity contribution is -0.00647. The molecule has 1 aromatic rings. The number of rotatable bonds is 8. The molecule has 4 atom stereocenters. The summed E-state index contributed by atoms with van der Waals surface area (Å²) in [6.45, 7) is 1.85. The standard InChI is InChI=1S/C14H27N7O3/c1-21(3-2-15)5-10-13(23)12(22)9(24-10)4-8-11(18-6-16)14(17)20-7-19-8/h7,9-10,12-13,18,22-23H,2-6,15-16H2,1H3,(H2,17,19,20)/t9-,10+,12-,13+/m0/s1. The maximum Gasteiger partial charge on any atom is 0.150 e. The third-order valence-corrected chi connectivity index (χ3v) is 4.09. The fraction of sp³-hybridized carbons (Fsp3) is 0.714. The van der Waals surface area contributed by atoms with Gasteiger partial charge in [-0.05, 0) is 7.05 Å². The fourth-order valence-electron chi connectivity index (χ4n) is 2.84. The van der Waals surface area contributed by atoms with E-state index >= 15 is 0 Å². The van der Waals surface area contributed by atoms with Gasteiger partial charge in [0.05, 0.1) is 30.3 Å². The van der Waals surface area contributed by atoms with Crippen LogP contribution in [-0.2, 0) is 11.2 Å². The van der Waals surface area contributed by atoms with Crippen LogP contribution in [0.25, 0.3) is 0 Å². The summed E-state index contributed by atoms with van der Waals surface area (Å²) >= 11 is 0. The van der Waals surface area contributed by atoms with E-state index in [1.54, 1.807) is 0 Å². The van der Waals surface area contributed by atoms with Gasteiger partial charge in [0, 0.05) is 26.1 Å². The molecule has 2 heterocycles. The number of hydrogen-bond acceptors (Lipinski definition) is 10. The van der Waals surface area contributed by atoms with E-state index in [1.807, 2.05) is 11.9 Å². The molecule has 0 spiro atoms. The number of nitrogen functional groups attached to an aromatic ring is 1. The van der Waals surface area contributed by atoms with E-state index in [9.17, 15) is 10.2 Å². The van der Waals surface area contributed by atoms with Crippen molar-refractivity contribution in [3.05, 3.63) is 12.0 Å². The molecule has 0 aliphatic carbocycles. The molecule has 10 heteroatoms. The Hall–Kier alpha value is -1.56. The van der Waals surface area contributed by atoms with Crippen molar-refractivity contribution in [3.8, 4) is 0 Å². The van der Waals surface area contributed by atoms with Gasteiger partial charge in [-0.15, -0.1) is 0 Å². The molecule has 0 bridgehead atoms. The largest absolute Gasteiger partial charge is 0.388 e. The summed E-state index contributed by atoms with van der Waals surface area (Å²) in [5.74, 6) is 0.276. The highest BCUT2D eigenvalue weighted by molar-refractivity contribution is 5.64. The number of ether oxygens (including phenoxy) is 1. The SMILES string of the molecule is CN(CCN)C[C@H]1O[C@@H](Cc2ncnc(N)c2NCN)[C@H](O)[C@@H]1O. The first-order valence-electron chi connectivity index (χ1n) is 7.91. The van der Waals surface area contributed by atoms with Gasteiger partial charge in [0.25, 0.3) is 0 Å². The Balaban J connectivity index is 2.07. The highest BCUT2D eigenvalue weighted by atomic mass is 16.5. The third kappa shape index (κ3) is 4.29. The van der Waals surface area contributed by atoms with Crippen LogP contribution < -0.4 is 22.5 Å². The van der Waals surface area contributed by atoms with E-state index in [-0.39, 0.29) is 18.9 Å². The van der Waals surface area contributed by atoms with Crippen molar-refractivity contribution in [2.45, 2.75) is 30.8 Å². The highest BCUT2D eigenvalue weighted by Crippen LogP contribution is 2.27. The normalized spacial score (nSPS) is 26.9. The second kappa shape index (κ2) is 8.51. The average Bonchev–Trinajstić information content (AvgIpc) is 2.79. The maximum atomic E-state index is 10.3. The molecule has 0 radical (unpaired) electrons. The van der Waals surface area contributed by atoms with Crippen LogP contribution in [-0.4, -0.2) is 82.8 Å². The molecule has 136 valence electrons. The number of nitrogens with two attached hydrogens (primary N) is 3. The first kappa shape index (κ1) is 18.8. The molecule has 24 heavy (non-hydrogen) atoms. The molecule has 0 unspecified atom stereocenters. The minimum absolute atomic E-state index is 0.174. The predicted molar refractivity (Wildman–Crippen MR) is 90.1 cm³/mol. The summed E-state index contributed by atoms with van der Waals surface area (Å²) in [4.78, 5) is 10.1. The van der Waals surface area contributed by atoms with Crippen LogP contribution in [0, 0.1) is 0 Å². The van der Waals surface area contributed by atoms with Crippen molar-refractivity contribution < 1.29 is 14.9 Å². The second-order valence-corrected chi connectivity index (χ2v) is 5.91. The topological polar surface area (TPSA) is 169 Å². The molecule has 1 aliphatic rings. The van der Waals surface area contributed by atoms with Crippen LogP contribution >= 0.6 is 0 Å². The zero-order chi connectivity index (χ0) is 17.7. The summed E-state index contributed by atoms with van der Waals surface area (Å²) in [5, 5.41) is 23.4. The Morgan fingerprint density at radius 2 is 1.96 bits per heavy atom. The van der Waals surface area contributed by atoms with Crippen LogP contribution in [0.15, 0.2) is 6.33 Å². The molecule has 9 N–H and O–H groups in total. The van der Waals surface area contributed by atoms with Gasteiger partial charge in [-0.3, -0.25) is 0 Å². The molecule has 1 fully saturated rings. The van der Waals surface area contributed by atoms with Gasteiger partial charge in [-0.2, -0.15) is 0 Å². The number of anilines is 2. The van der Waals surface area contributed by atoms with Crippen molar-refractivity contribution in [1.82, 2.24) is 14.9 Å². The summed E-state index contributed by atoms with van der Waals surface area (Å²) in [7, 11) is 1.89. The Labute approximate surface area is 141 Å². The Morgan fingerprint density at radius 3 is 2.62 bits per heavy atom. The van der Waals surface area contributed by atoms with Crippen LogP contribution in [0.4, 0.5) is 11.5 Å². The summed E-state index contributed by atoms with van der Waals surface area (Å²) < 4.78 is 5.84. The van der Waals surface area contributed by atoms with Gasteiger partial charge in [0.2, 0.25) is 0 Å². The molecule has 0 amide bonds. The van der Waals surface area contributed by atoms with Crippen LogP contribution in [0.5, 0.6) is 0 Å². The van der Waals surface area contributed by atoms with Crippen molar-refractivity contribution in [2.24, 2.45) is 11.5 Å². The van der Waals surface area contributed by atoms with Gasteiger partial charge >= 0.3 is 0 Å². The second-order valence-electron chi connectivity index (χ2n) is 5.91. The molecule has 1 aromatic heterocycles. The van der Waals surface area contributed by atoms with Gasteiger partial charge in [0.1, 0.15) is 18.5 Å². The van der Waals surface area contributed by atoms with Gasteiger partial charge in [-0.25, -0.2) is 9.97 Å². The smallest absolute Gasteiger partial charge is 0.150 e. The van der Waals surface area contributed by atoms with Gasteiger partial charge in [-0.1, -0.05) is 0 Å². The van der Waals surface area contributed by atoms with E-state index in [4.69, 9.17) is 21.9 Å². The van der Waals surface area contributed by atoms with Crippen LogP contribution in [0.1, 0.15) is 5.69 Å². The van der Waals surface area contributed by atoms with E-state index in [0.29, 0.717) is 31.0 Å². The number of aliphatic hydroxyl groups is 2. The Bertz CT molecular complexity index is 533. The molecule has 10 nitrogen and oxygen atoms in total. The first-order valence-corrected chi connectivity index (χ1v) is 7.91. The highest BCUT2D eigenvalue weighted by Gasteiger charge is 2.43. The number of likely N-dealkylation sites (N-methyl/N-ethyl adjacent to an activating group) is 1. The van der Waals surface area contributed by atoms with Crippen LogP contribution in [0.2, 0.25) is 0 Å². The zero-order valence-electron chi connectivity index (χ0n) is 13.8. The molecular weight excluding hydrogens is 314 g/mol. The Morgan fingerprint density at radius 1 is 1.25 bits per heavy atom. The van der Waals surface area contributed by atoms with Gasteiger partial charge in [0.15, 0.2) is 5.82 Å². The fourth-order valence-corrected chi connectivity index (χ4v) is 2.84. The zero-order valence-corrected chi connectivity index (χ0v) is 13.8. The number of nitrogens with zero attached hydrogens (tertiary/aromatic N) is 3. The van der Waals surface area contributed by atoms with Crippen LogP contribution in [0.3, 0.4) is 0 Å². The third-order valence-electron chi connectivity index (χ3n) is 4.09. The van der Waals surface area contributed by atoms with Crippen molar-refractivity contribution in [2.75, 3.05) is 44.4 Å². The maximum absolute atomic E-state index is 10.3. The monoisotopic (exact) mass is 341 g/mol. The molecule has 1 aliphatic heterocycles. The van der Waals surface area contributed by atoms with E-state index in [1.165, 1.54) is 6.33 Å². The lowest BCUT2D eigenvalue weighted by atomic mass is 10.0. The molecule has 2 rings (SSSR count). The minimum Gasteiger partial charge on any atom is -0.388 e.